The van der Waals surface area contributed by atoms with E-state index >= 15 is 0 Å². The zero-order valence-corrected chi connectivity index (χ0v) is 7.69. The van der Waals surface area contributed by atoms with Gasteiger partial charge >= 0.3 is 0 Å². The van der Waals surface area contributed by atoms with Crippen molar-refractivity contribution in [1.82, 2.24) is 0 Å². The maximum Gasteiger partial charge on any atom is -0.0268 e. The van der Waals surface area contributed by atoms with E-state index in [9.17, 15) is 0 Å². The topological polar surface area (TPSA) is 0 Å². The molecular formula is C11H18. The highest BCUT2D eigenvalue weighted by molar-refractivity contribution is 4.86. The van der Waals surface area contributed by atoms with Crippen molar-refractivity contribution in [1.29, 1.82) is 0 Å². The second-order valence-corrected chi connectivity index (χ2v) is 2.63. The molecule has 0 aliphatic heterocycles. The maximum atomic E-state index is 3.02. The maximum absolute atomic E-state index is 3.02. The third kappa shape index (κ3) is 9.30. The smallest absolute Gasteiger partial charge is 0.0268 e. The molecule has 0 saturated carbocycles. The Morgan fingerprint density at radius 3 is 2.09 bits per heavy atom. The summed E-state index contributed by atoms with van der Waals surface area (Å²) in [5.41, 5.74) is 6.04. The molecule has 0 aliphatic carbocycles. The van der Waals surface area contributed by atoms with Gasteiger partial charge in [0.2, 0.25) is 0 Å². The summed E-state index contributed by atoms with van der Waals surface area (Å²) >= 11 is 0. The molecule has 11 heavy (non-hydrogen) atoms. The molecule has 0 aromatic rings. The van der Waals surface area contributed by atoms with Crippen LogP contribution in [0.2, 0.25) is 0 Å². The highest BCUT2D eigenvalue weighted by atomic mass is 13.8. The first-order valence-corrected chi connectivity index (χ1v) is 4.56. The van der Waals surface area contributed by atoms with Crippen LogP contribution in [0.5, 0.6) is 0 Å². The van der Waals surface area contributed by atoms with Crippen LogP contribution in [-0.2, 0) is 0 Å². The fraction of sp³-hybridized carbons (Fsp3) is 0.636. The third-order valence-corrected chi connectivity index (χ3v) is 1.42. The Morgan fingerprint density at radius 2 is 1.55 bits per heavy atom. The first kappa shape index (κ1) is 10.3. The standard InChI is InChI=1S/C11H18/c1-3-5-7-9-11-10-8-6-4-2/h7,10H,3-6,8H2,1-2H3. The summed E-state index contributed by atoms with van der Waals surface area (Å²) in [5, 5.41) is 0. The molecule has 62 valence electrons. The van der Waals surface area contributed by atoms with Crippen LogP contribution in [0.3, 0.4) is 0 Å². The average Bonchev–Trinajstić information content (AvgIpc) is 2.03. The van der Waals surface area contributed by atoms with Crippen molar-refractivity contribution < 1.29 is 0 Å². The molecule has 0 bridgehead atoms. The van der Waals surface area contributed by atoms with E-state index in [4.69, 9.17) is 0 Å². The second-order valence-electron chi connectivity index (χ2n) is 2.63. The molecule has 0 unspecified atom stereocenters. The van der Waals surface area contributed by atoms with E-state index in [1.165, 1.54) is 19.3 Å². The summed E-state index contributed by atoms with van der Waals surface area (Å²) in [4.78, 5) is 0. The molecule has 0 heterocycles. The Hall–Kier alpha value is -0.700. The lowest BCUT2D eigenvalue weighted by atomic mass is 10.2. The second kappa shape index (κ2) is 9.30. The Balaban J connectivity index is 3.45. The van der Waals surface area contributed by atoms with Crippen molar-refractivity contribution in [3.63, 3.8) is 0 Å². The van der Waals surface area contributed by atoms with Gasteiger partial charge in [0.1, 0.15) is 0 Å². The van der Waals surface area contributed by atoms with Crippen LogP contribution < -0.4 is 0 Å². The molecule has 0 aromatic heterocycles. The predicted molar refractivity (Wildman–Crippen MR) is 50.6 cm³/mol. The lowest BCUT2D eigenvalue weighted by Crippen LogP contribution is -1.63. The lowest BCUT2D eigenvalue weighted by Gasteiger charge is -1.82. The van der Waals surface area contributed by atoms with Crippen LogP contribution in [0.15, 0.2) is 23.6 Å². The van der Waals surface area contributed by atoms with Gasteiger partial charge in [0.05, 0.1) is 0 Å². The zero-order valence-electron chi connectivity index (χ0n) is 7.69. The SMILES string of the molecule is CCCC=C=C=CCCCC. The number of rotatable bonds is 5. The van der Waals surface area contributed by atoms with Crippen molar-refractivity contribution in [2.45, 2.75) is 46.0 Å². The van der Waals surface area contributed by atoms with Gasteiger partial charge in [0.25, 0.3) is 0 Å². The largest absolute Gasteiger partial charge is 0.0750 e. The van der Waals surface area contributed by atoms with Crippen LogP contribution >= 0.6 is 0 Å². The normalized spacial score (nSPS) is 8.18. The number of allylic oxidation sites excluding steroid dienone is 2. The van der Waals surface area contributed by atoms with E-state index in [1.54, 1.807) is 0 Å². The molecule has 0 heteroatoms. The van der Waals surface area contributed by atoms with Crippen molar-refractivity contribution >= 4 is 0 Å². The van der Waals surface area contributed by atoms with Gasteiger partial charge in [-0.15, -0.1) is 0 Å². The van der Waals surface area contributed by atoms with E-state index in [0.29, 0.717) is 0 Å². The average molecular weight is 150 g/mol. The van der Waals surface area contributed by atoms with E-state index in [-0.39, 0.29) is 0 Å². The van der Waals surface area contributed by atoms with Gasteiger partial charge in [-0.05, 0) is 31.4 Å². The third-order valence-electron chi connectivity index (χ3n) is 1.42. The van der Waals surface area contributed by atoms with Crippen LogP contribution in [0, 0.1) is 0 Å². The summed E-state index contributed by atoms with van der Waals surface area (Å²) in [6.07, 6.45) is 10.1. The van der Waals surface area contributed by atoms with Gasteiger partial charge in [0, 0.05) is 0 Å². The van der Waals surface area contributed by atoms with Gasteiger partial charge in [-0.25, -0.2) is 0 Å². The Labute approximate surface area is 70.3 Å². The first-order chi connectivity index (χ1) is 5.41. The number of unbranched alkanes of at least 4 members (excludes halogenated alkanes) is 3. The highest BCUT2D eigenvalue weighted by Gasteiger charge is 1.73. The van der Waals surface area contributed by atoms with Crippen LogP contribution in [0.1, 0.15) is 46.0 Å². The summed E-state index contributed by atoms with van der Waals surface area (Å²) < 4.78 is 0. The van der Waals surface area contributed by atoms with E-state index < -0.39 is 0 Å². The van der Waals surface area contributed by atoms with Crippen LogP contribution in [0.25, 0.3) is 0 Å². The van der Waals surface area contributed by atoms with Crippen LogP contribution in [0.4, 0.5) is 0 Å². The summed E-state index contributed by atoms with van der Waals surface area (Å²) in [6.45, 7) is 4.36. The summed E-state index contributed by atoms with van der Waals surface area (Å²) in [5.74, 6) is 0. The van der Waals surface area contributed by atoms with Crippen molar-refractivity contribution in [2.24, 2.45) is 0 Å². The van der Waals surface area contributed by atoms with Gasteiger partial charge < -0.3 is 0 Å². The van der Waals surface area contributed by atoms with Gasteiger partial charge in [-0.2, -0.15) is 0 Å². The minimum absolute atomic E-state index is 1.12. The van der Waals surface area contributed by atoms with Crippen molar-refractivity contribution in [3.05, 3.63) is 23.6 Å². The molecule has 0 rings (SSSR count). The minimum atomic E-state index is 1.12. The van der Waals surface area contributed by atoms with Gasteiger partial charge in [0.15, 0.2) is 0 Å². The molecule has 0 amide bonds. The van der Waals surface area contributed by atoms with E-state index in [2.05, 4.69) is 31.4 Å². The molecule has 0 fully saturated rings. The fourth-order valence-electron chi connectivity index (χ4n) is 0.713. The quantitative estimate of drug-likeness (QED) is 0.412. The molecular weight excluding hydrogens is 132 g/mol. The molecule has 0 nitrogen and oxygen atoms in total. The molecule has 0 aromatic carbocycles. The van der Waals surface area contributed by atoms with Crippen molar-refractivity contribution in [3.8, 4) is 0 Å². The highest BCUT2D eigenvalue weighted by Crippen LogP contribution is 1.93. The fourth-order valence-corrected chi connectivity index (χ4v) is 0.713. The molecule has 0 saturated heterocycles. The molecule has 0 atom stereocenters. The molecule has 0 spiro atoms. The zero-order chi connectivity index (χ0) is 8.36. The summed E-state index contributed by atoms with van der Waals surface area (Å²) in [7, 11) is 0. The van der Waals surface area contributed by atoms with Gasteiger partial charge in [-0.3, -0.25) is 0 Å². The number of hydrogen-bond acceptors (Lipinski definition) is 0. The summed E-state index contributed by atoms with van der Waals surface area (Å²) in [6, 6.07) is 0. The lowest BCUT2D eigenvalue weighted by molar-refractivity contribution is 0.815. The molecule has 0 aliphatic rings. The Kier molecular flexibility index (Phi) is 8.71. The van der Waals surface area contributed by atoms with Gasteiger partial charge in [-0.1, -0.05) is 38.2 Å². The molecule has 0 radical (unpaired) electrons. The predicted octanol–water partition coefficient (Wildman–Crippen LogP) is 3.84. The van der Waals surface area contributed by atoms with E-state index in [0.717, 1.165) is 12.8 Å². The monoisotopic (exact) mass is 150 g/mol. The van der Waals surface area contributed by atoms with E-state index in [1.807, 2.05) is 6.08 Å². The van der Waals surface area contributed by atoms with Crippen molar-refractivity contribution in [2.75, 3.05) is 0 Å². The first-order valence-electron chi connectivity index (χ1n) is 4.56. The number of hydrogen-bond donors (Lipinski definition) is 0. The van der Waals surface area contributed by atoms with Crippen LogP contribution in [-0.4, -0.2) is 0 Å². The molecule has 0 N–H and O–H groups in total. The minimum Gasteiger partial charge on any atom is -0.0750 e. The Bertz CT molecular complexity index is 153. The Morgan fingerprint density at radius 1 is 0.909 bits per heavy atom.